The van der Waals surface area contributed by atoms with Crippen molar-refractivity contribution < 1.29 is 22.4 Å². The van der Waals surface area contributed by atoms with Gasteiger partial charge < -0.3 is 14.5 Å². The monoisotopic (exact) mass is 447 g/mol. The molecule has 8 nitrogen and oxygen atoms in total. The number of ether oxygens (including phenoxy) is 1. The summed E-state index contributed by atoms with van der Waals surface area (Å²) in [6.07, 6.45) is 1.22. The number of carbonyl (C=O) groups excluding carboxylic acids is 1. The van der Waals surface area contributed by atoms with Crippen molar-refractivity contribution in [3.8, 4) is 10.8 Å². The number of morpholine rings is 1. The smallest absolute Gasteiger partial charge is 0.275 e. The van der Waals surface area contributed by atoms with Crippen LogP contribution in [0.5, 0.6) is 0 Å². The second-order valence-electron chi connectivity index (χ2n) is 7.07. The summed E-state index contributed by atoms with van der Waals surface area (Å²) in [6, 6.07) is 9.64. The molecule has 2 atom stereocenters. The van der Waals surface area contributed by atoms with Gasteiger partial charge in [0.2, 0.25) is 10.0 Å². The molecule has 4 rings (SSSR count). The number of anilines is 1. The second-order valence-corrected chi connectivity index (χ2v) is 9.87. The number of sulfonamides is 1. The zero-order chi connectivity index (χ0) is 21.3. The molecule has 10 heteroatoms. The molecule has 1 amide bonds. The van der Waals surface area contributed by atoms with E-state index in [1.54, 1.807) is 35.9 Å². The maximum Gasteiger partial charge on any atom is 0.275 e. The van der Waals surface area contributed by atoms with Gasteiger partial charge in [0, 0.05) is 24.2 Å². The summed E-state index contributed by atoms with van der Waals surface area (Å²) in [5.74, 6) is 0.218. The van der Waals surface area contributed by atoms with Gasteiger partial charge in [0.15, 0.2) is 10.8 Å². The zero-order valence-electron chi connectivity index (χ0n) is 16.4. The Labute approximate surface area is 178 Å². The minimum atomic E-state index is -3.63. The van der Waals surface area contributed by atoms with Crippen LogP contribution in [0.25, 0.3) is 10.8 Å². The van der Waals surface area contributed by atoms with Gasteiger partial charge >= 0.3 is 0 Å². The predicted octanol–water partition coefficient (Wildman–Crippen LogP) is 3.45. The molecule has 1 saturated heterocycles. The van der Waals surface area contributed by atoms with Crippen LogP contribution in [0.15, 0.2) is 57.4 Å². The average Bonchev–Trinajstić information content (AvgIpc) is 3.39. The Bertz CT molecular complexity index is 1110. The van der Waals surface area contributed by atoms with E-state index in [0.29, 0.717) is 29.5 Å². The molecule has 1 aliphatic rings. The lowest BCUT2D eigenvalue weighted by Gasteiger charge is -2.34. The molecule has 0 saturated carbocycles. The highest BCUT2D eigenvalue weighted by atomic mass is 32.2. The molecular weight excluding hydrogens is 426 g/mol. The molecule has 1 fully saturated rings. The van der Waals surface area contributed by atoms with Gasteiger partial charge in [0.1, 0.15) is 5.69 Å². The van der Waals surface area contributed by atoms with E-state index in [4.69, 9.17) is 9.15 Å². The molecule has 1 aromatic carbocycles. The summed E-state index contributed by atoms with van der Waals surface area (Å²) in [5, 5.41) is 4.99. The van der Waals surface area contributed by atoms with Crippen LogP contribution in [0.1, 0.15) is 24.3 Å². The standard InChI is InChI=1S/C20H21N3O5S2/c1-13-10-23(11-14(2)28-13)30(25,26)16-7-5-15(6-8-16)21-19(24)17-12-29-20(22-17)18-4-3-9-27-18/h3-9,12-14H,10-11H2,1-2H3,(H,21,24)/t13-,14-/m1/s1. The van der Waals surface area contributed by atoms with Crippen LogP contribution in [-0.2, 0) is 14.8 Å². The Kier molecular flexibility index (Phi) is 5.74. The van der Waals surface area contributed by atoms with Crippen LogP contribution in [0.3, 0.4) is 0 Å². The Morgan fingerprint density at radius 1 is 1.17 bits per heavy atom. The number of carbonyl (C=O) groups is 1. The number of nitrogens with zero attached hydrogens (tertiary/aromatic N) is 2. The van der Waals surface area contributed by atoms with Gasteiger partial charge in [-0.3, -0.25) is 4.79 Å². The molecule has 3 aromatic rings. The number of amides is 1. The first-order chi connectivity index (χ1) is 14.3. The Morgan fingerprint density at radius 2 is 1.87 bits per heavy atom. The van der Waals surface area contributed by atoms with E-state index in [9.17, 15) is 13.2 Å². The van der Waals surface area contributed by atoms with Crippen LogP contribution < -0.4 is 5.32 Å². The average molecular weight is 448 g/mol. The third-order valence-electron chi connectivity index (χ3n) is 4.60. The Morgan fingerprint density at radius 3 is 2.50 bits per heavy atom. The number of benzene rings is 1. The molecule has 3 heterocycles. The van der Waals surface area contributed by atoms with Crippen molar-refractivity contribution in [2.75, 3.05) is 18.4 Å². The van der Waals surface area contributed by atoms with Gasteiger partial charge in [0.05, 0.1) is 23.4 Å². The van der Waals surface area contributed by atoms with Gasteiger partial charge in [-0.2, -0.15) is 4.31 Å². The van der Waals surface area contributed by atoms with Gasteiger partial charge in [-0.1, -0.05) is 0 Å². The Balaban J connectivity index is 1.45. The third-order valence-corrected chi connectivity index (χ3v) is 7.31. The highest BCUT2D eigenvalue weighted by Gasteiger charge is 2.32. The van der Waals surface area contributed by atoms with Crippen molar-refractivity contribution >= 4 is 33.0 Å². The molecule has 1 aliphatic heterocycles. The van der Waals surface area contributed by atoms with E-state index < -0.39 is 10.0 Å². The van der Waals surface area contributed by atoms with Gasteiger partial charge in [-0.05, 0) is 50.2 Å². The van der Waals surface area contributed by atoms with Gasteiger partial charge in [-0.25, -0.2) is 13.4 Å². The molecule has 2 aromatic heterocycles. The maximum atomic E-state index is 12.9. The van der Waals surface area contributed by atoms with Crippen LogP contribution in [-0.4, -0.2) is 48.9 Å². The van der Waals surface area contributed by atoms with Gasteiger partial charge in [-0.15, -0.1) is 11.3 Å². The minimum Gasteiger partial charge on any atom is -0.462 e. The summed E-state index contributed by atoms with van der Waals surface area (Å²) in [5.41, 5.74) is 0.745. The summed E-state index contributed by atoms with van der Waals surface area (Å²) >= 11 is 1.31. The summed E-state index contributed by atoms with van der Waals surface area (Å²) in [4.78, 5) is 16.9. The topological polar surface area (TPSA) is 102 Å². The van der Waals surface area contributed by atoms with Crippen molar-refractivity contribution in [1.82, 2.24) is 9.29 Å². The van der Waals surface area contributed by atoms with Crippen LogP contribution in [0.4, 0.5) is 5.69 Å². The van der Waals surface area contributed by atoms with Crippen molar-refractivity contribution in [3.63, 3.8) is 0 Å². The number of furan rings is 1. The molecule has 0 bridgehead atoms. The highest BCUT2D eigenvalue weighted by molar-refractivity contribution is 7.89. The second kappa shape index (κ2) is 8.31. The van der Waals surface area contributed by atoms with Crippen LogP contribution in [0, 0.1) is 0 Å². The van der Waals surface area contributed by atoms with Crippen molar-refractivity contribution in [2.24, 2.45) is 0 Å². The zero-order valence-corrected chi connectivity index (χ0v) is 18.1. The molecule has 0 spiro atoms. The number of hydrogen-bond donors (Lipinski definition) is 1. The fourth-order valence-corrected chi connectivity index (χ4v) is 5.63. The van der Waals surface area contributed by atoms with Crippen molar-refractivity contribution in [3.05, 3.63) is 53.7 Å². The Hall–Kier alpha value is -2.53. The van der Waals surface area contributed by atoms with Crippen LogP contribution >= 0.6 is 11.3 Å². The fourth-order valence-electron chi connectivity index (χ4n) is 3.27. The first kappa shape index (κ1) is 20.7. The molecule has 30 heavy (non-hydrogen) atoms. The molecule has 0 unspecified atom stereocenters. The normalized spacial score (nSPS) is 20.2. The van der Waals surface area contributed by atoms with E-state index in [0.717, 1.165) is 0 Å². The van der Waals surface area contributed by atoms with Gasteiger partial charge in [0.25, 0.3) is 5.91 Å². The molecule has 1 N–H and O–H groups in total. The SMILES string of the molecule is C[C@@H]1CN(S(=O)(=O)c2ccc(NC(=O)c3csc(-c4ccco4)n3)cc2)C[C@@H](C)O1. The number of aromatic nitrogens is 1. The van der Waals surface area contributed by atoms with E-state index >= 15 is 0 Å². The fraction of sp³-hybridized carbons (Fsp3) is 0.300. The third kappa shape index (κ3) is 4.31. The lowest BCUT2D eigenvalue weighted by molar-refractivity contribution is -0.0440. The van der Waals surface area contributed by atoms with E-state index in [1.165, 1.54) is 27.8 Å². The largest absolute Gasteiger partial charge is 0.462 e. The highest BCUT2D eigenvalue weighted by Crippen LogP contribution is 2.25. The molecule has 158 valence electrons. The maximum absolute atomic E-state index is 12.9. The van der Waals surface area contributed by atoms with Crippen molar-refractivity contribution in [1.29, 1.82) is 0 Å². The molecular formula is C20H21N3O5S2. The summed E-state index contributed by atoms with van der Waals surface area (Å²) in [7, 11) is -3.63. The van der Waals surface area contributed by atoms with Crippen molar-refractivity contribution in [2.45, 2.75) is 31.0 Å². The van der Waals surface area contributed by atoms with E-state index in [-0.39, 0.29) is 28.7 Å². The molecule has 0 aliphatic carbocycles. The quantitative estimate of drug-likeness (QED) is 0.643. The lowest BCUT2D eigenvalue weighted by atomic mass is 10.3. The summed E-state index contributed by atoms with van der Waals surface area (Å²) in [6.45, 7) is 4.33. The molecule has 0 radical (unpaired) electrons. The first-order valence-corrected chi connectivity index (χ1v) is 11.7. The number of rotatable bonds is 5. The van der Waals surface area contributed by atoms with E-state index in [2.05, 4.69) is 10.3 Å². The number of hydrogen-bond acceptors (Lipinski definition) is 7. The van der Waals surface area contributed by atoms with E-state index in [1.807, 2.05) is 13.8 Å². The predicted molar refractivity (Wildman–Crippen MR) is 113 cm³/mol. The first-order valence-electron chi connectivity index (χ1n) is 9.39. The lowest BCUT2D eigenvalue weighted by Crippen LogP contribution is -2.48. The minimum absolute atomic E-state index is 0.161. The summed E-state index contributed by atoms with van der Waals surface area (Å²) < 4.78 is 38.2. The van der Waals surface area contributed by atoms with Crippen LogP contribution in [0.2, 0.25) is 0 Å². The number of thiazole rings is 1. The number of nitrogens with one attached hydrogen (secondary N) is 1.